The first-order chi connectivity index (χ1) is 10.2. The molecule has 1 aliphatic heterocycles. The Labute approximate surface area is 137 Å². The van der Waals surface area contributed by atoms with Crippen LogP contribution in [0.3, 0.4) is 0 Å². The minimum atomic E-state index is -0.00789. The van der Waals surface area contributed by atoms with Crippen LogP contribution in [0, 0.1) is 17.8 Å². The molecule has 1 aromatic heterocycles. The highest BCUT2D eigenvalue weighted by Crippen LogP contribution is 2.49. The van der Waals surface area contributed by atoms with E-state index in [4.69, 9.17) is 0 Å². The molecule has 2 heterocycles. The number of nitrogens with one attached hydrogen (secondary N) is 3. The average Bonchev–Trinajstić information content (AvgIpc) is 3.21. The van der Waals surface area contributed by atoms with Crippen molar-refractivity contribution >= 4 is 18.3 Å². The maximum absolute atomic E-state index is 12.5. The zero-order chi connectivity index (χ0) is 14.4. The van der Waals surface area contributed by atoms with Gasteiger partial charge in [-0.05, 0) is 43.9 Å². The molecule has 2 aliphatic carbocycles. The number of aromatic nitrogens is 2. The highest BCUT2D eigenvalue weighted by atomic mass is 35.5. The summed E-state index contributed by atoms with van der Waals surface area (Å²) in [5, 5.41) is 13.8. The number of halogens is 1. The molecule has 0 spiro atoms. The predicted octanol–water partition coefficient (Wildman–Crippen LogP) is 2.03. The van der Waals surface area contributed by atoms with Crippen molar-refractivity contribution in [3.63, 3.8) is 0 Å². The van der Waals surface area contributed by atoms with Gasteiger partial charge in [0.2, 0.25) is 0 Å². The molecule has 6 heteroatoms. The van der Waals surface area contributed by atoms with Crippen LogP contribution in [-0.4, -0.2) is 28.7 Å². The lowest BCUT2D eigenvalue weighted by atomic mass is 9.84. The Morgan fingerprint density at radius 1 is 1.36 bits per heavy atom. The normalized spacial score (nSPS) is 30.5. The van der Waals surface area contributed by atoms with Crippen molar-refractivity contribution in [2.24, 2.45) is 17.8 Å². The maximum Gasteiger partial charge on any atom is 0.272 e. The smallest absolute Gasteiger partial charge is 0.272 e. The van der Waals surface area contributed by atoms with Gasteiger partial charge in [0.1, 0.15) is 0 Å². The number of carbonyl (C=O) groups is 1. The molecular formula is C16H25ClN4O. The van der Waals surface area contributed by atoms with Gasteiger partial charge in [0, 0.05) is 36.8 Å². The molecule has 1 amide bonds. The third-order valence-electron chi connectivity index (χ3n) is 5.82. The van der Waals surface area contributed by atoms with Crippen molar-refractivity contribution in [3.05, 3.63) is 17.0 Å². The lowest BCUT2D eigenvalue weighted by molar-refractivity contribution is 0.0909. The van der Waals surface area contributed by atoms with E-state index >= 15 is 0 Å². The van der Waals surface area contributed by atoms with Gasteiger partial charge in [-0.3, -0.25) is 9.89 Å². The standard InChI is InChI=1S/C16H24N4O.ClH/c1-9(12-7-10-2-3-11(12)6-10)18-16(21)15-13-8-17-5-4-14(13)19-20-15;/h9-12,17H,2-8H2,1H3,(H,18,21)(H,19,20);1H. The zero-order valence-electron chi connectivity index (χ0n) is 13.0. The van der Waals surface area contributed by atoms with Crippen LogP contribution >= 0.6 is 12.4 Å². The fourth-order valence-electron chi connectivity index (χ4n) is 4.70. The van der Waals surface area contributed by atoms with E-state index in [1.165, 1.54) is 25.7 Å². The Kier molecular flexibility index (Phi) is 4.46. The van der Waals surface area contributed by atoms with Gasteiger partial charge in [0.15, 0.2) is 5.69 Å². The van der Waals surface area contributed by atoms with E-state index < -0.39 is 0 Å². The van der Waals surface area contributed by atoms with Gasteiger partial charge in [-0.1, -0.05) is 6.42 Å². The Bertz CT molecular complexity index is 558. The molecule has 1 aromatic rings. The average molecular weight is 325 g/mol. The summed E-state index contributed by atoms with van der Waals surface area (Å²) in [6.45, 7) is 3.87. The number of hydrogen-bond acceptors (Lipinski definition) is 3. The number of rotatable bonds is 3. The van der Waals surface area contributed by atoms with Crippen molar-refractivity contribution in [2.45, 2.75) is 51.6 Å². The summed E-state index contributed by atoms with van der Waals surface area (Å²) >= 11 is 0. The summed E-state index contributed by atoms with van der Waals surface area (Å²) in [5.74, 6) is 2.41. The van der Waals surface area contributed by atoms with Gasteiger partial charge in [0.05, 0.1) is 0 Å². The lowest BCUT2D eigenvalue weighted by Gasteiger charge is -2.28. The van der Waals surface area contributed by atoms with Crippen molar-refractivity contribution in [3.8, 4) is 0 Å². The number of fused-ring (bicyclic) bond motifs is 3. The van der Waals surface area contributed by atoms with E-state index in [9.17, 15) is 4.79 Å². The van der Waals surface area contributed by atoms with Crippen LogP contribution in [0.4, 0.5) is 0 Å². The van der Waals surface area contributed by atoms with E-state index in [-0.39, 0.29) is 24.4 Å². The van der Waals surface area contributed by atoms with Crippen molar-refractivity contribution < 1.29 is 4.79 Å². The van der Waals surface area contributed by atoms with Gasteiger partial charge in [0.25, 0.3) is 5.91 Å². The van der Waals surface area contributed by atoms with Crippen molar-refractivity contribution in [2.75, 3.05) is 6.54 Å². The molecule has 3 aliphatic rings. The second-order valence-electron chi connectivity index (χ2n) is 7.06. The highest BCUT2D eigenvalue weighted by Gasteiger charge is 2.42. The molecule has 122 valence electrons. The van der Waals surface area contributed by atoms with Crippen LogP contribution in [0.25, 0.3) is 0 Å². The predicted molar refractivity (Wildman–Crippen MR) is 87.1 cm³/mol. The number of hydrogen-bond donors (Lipinski definition) is 3. The van der Waals surface area contributed by atoms with Crippen LogP contribution in [-0.2, 0) is 13.0 Å². The number of nitrogens with zero attached hydrogens (tertiary/aromatic N) is 1. The number of aromatic amines is 1. The summed E-state index contributed by atoms with van der Waals surface area (Å²) in [5.41, 5.74) is 2.76. The molecule has 2 saturated carbocycles. The van der Waals surface area contributed by atoms with E-state index in [1.54, 1.807) is 0 Å². The largest absolute Gasteiger partial charge is 0.348 e. The van der Waals surface area contributed by atoms with Gasteiger partial charge < -0.3 is 10.6 Å². The van der Waals surface area contributed by atoms with Crippen LogP contribution in [0.15, 0.2) is 0 Å². The molecule has 0 saturated heterocycles. The molecule has 0 radical (unpaired) electrons. The molecule has 4 atom stereocenters. The number of amides is 1. The molecule has 2 fully saturated rings. The second-order valence-corrected chi connectivity index (χ2v) is 7.06. The molecule has 5 nitrogen and oxygen atoms in total. The minimum Gasteiger partial charge on any atom is -0.348 e. The van der Waals surface area contributed by atoms with E-state index in [0.717, 1.165) is 42.6 Å². The SMILES string of the molecule is CC(NC(=O)c1n[nH]c2c1CNCC2)C1CC2CCC1C2.Cl. The molecule has 22 heavy (non-hydrogen) atoms. The Hall–Kier alpha value is -1.07. The van der Waals surface area contributed by atoms with Gasteiger partial charge in [-0.25, -0.2) is 0 Å². The van der Waals surface area contributed by atoms with Crippen LogP contribution in [0.5, 0.6) is 0 Å². The summed E-state index contributed by atoms with van der Waals surface area (Å²) in [7, 11) is 0. The first-order valence-electron chi connectivity index (χ1n) is 8.30. The van der Waals surface area contributed by atoms with E-state index in [0.29, 0.717) is 11.6 Å². The van der Waals surface area contributed by atoms with Crippen LogP contribution in [0.2, 0.25) is 0 Å². The fraction of sp³-hybridized carbons (Fsp3) is 0.750. The highest BCUT2D eigenvalue weighted by molar-refractivity contribution is 5.94. The number of carbonyl (C=O) groups excluding carboxylic acids is 1. The first kappa shape index (κ1) is 15.8. The summed E-state index contributed by atoms with van der Waals surface area (Å²) < 4.78 is 0. The molecule has 2 bridgehead atoms. The Balaban J connectivity index is 0.00000144. The van der Waals surface area contributed by atoms with Gasteiger partial charge >= 0.3 is 0 Å². The van der Waals surface area contributed by atoms with Crippen LogP contribution in [0.1, 0.15) is 54.4 Å². The Morgan fingerprint density at radius 2 is 2.23 bits per heavy atom. The summed E-state index contributed by atoms with van der Waals surface area (Å²) in [6, 6.07) is 0.261. The van der Waals surface area contributed by atoms with Crippen molar-refractivity contribution in [1.29, 1.82) is 0 Å². The first-order valence-corrected chi connectivity index (χ1v) is 8.30. The third-order valence-corrected chi connectivity index (χ3v) is 5.82. The van der Waals surface area contributed by atoms with Gasteiger partial charge in [-0.15, -0.1) is 12.4 Å². The van der Waals surface area contributed by atoms with Gasteiger partial charge in [-0.2, -0.15) is 5.10 Å². The molecule has 4 rings (SSSR count). The lowest BCUT2D eigenvalue weighted by Crippen LogP contribution is -2.40. The molecule has 3 N–H and O–H groups in total. The van der Waals surface area contributed by atoms with Crippen LogP contribution < -0.4 is 10.6 Å². The quantitative estimate of drug-likeness (QED) is 0.797. The second kappa shape index (κ2) is 6.20. The fourth-order valence-corrected chi connectivity index (χ4v) is 4.70. The van der Waals surface area contributed by atoms with E-state index in [2.05, 4.69) is 27.8 Å². The topological polar surface area (TPSA) is 69.8 Å². The molecule has 4 unspecified atom stereocenters. The number of H-pyrrole nitrogens is 1. The summed E-state index contributed by atoms with van der Waals surface area (Å²) in [6.07, 6.45) is 6.37. The van der Waals surface area contributed by atoms with Crippen molar-refractivity contribution in [1.82, 2.24) is 20.8 Å². The molecule has 0 aromatic carbocycles. The summed E-state index contributed by atoms with van der Waals surface area (Å²) in [4.78, 5) is 12.5. The third kappa shape index (κ3) is 2.65. The minimum absolute atomic E-state index is 0. The van der Waals surface area contributed by atoms with E-state index in [1.807, 2.05) is 0 Å². The zero-order valence-corrected chi connectivity index (χ0v) is 13.8. The Morgan fingerprint density at radius 3 is 2.95 bits per heavy atom. The monoisotopic (exact) mass is 324 g/mol. The molecular weight excluding hydrogens is 300 g/mol. The maximum atomic E-state index is 12.5.